The molecule has 0 unspecified atom stereocenters. The Morgan fingerprint density at radius 2 is 1.36 bits per heavy atom. The molecule has 4 rings (SSSR count). The second-order valence-corrected chi connectivity index (χ2v) is 9.29. The maximum absolute atomic E-state index is 13.0. The predicted octanol–water partition coefficient (Wildman–Crippen LogP) is 5.66. The van der Waals surface area contributed by atoms with Gasteiger partial charge < -0.3 is 15.0 Å². The first-order valence-electron chi connectivity index (χ1n) is 11.7. The van der Waals surface area contributed by atoms with Gasteiger partial charge in [-0.1, -0.05) is 12.1 Å². The van der Waals surface area contributed by atoms with E-state index in [1.807, 2.05) is 0 Å². The number of nitrogens with zero attached hydrogens (tertiary/aromatic N) is 3. The van der Waals surface area contributed by atoms with Crippen molar-refractivity contribution in [2.45, 2.75) is 31.3 Å². The Labute approximate surface area is 216 Å². The molecule has 2 aromatic carbocycles. The number of likely N-dealkylation sites (tertiary alicyclic amines) is 1. The van der Waals surface area contributed by atoms with Crippen LogP contribution in [0.4, 0.5) is 50.0 Å². The molecule has 0 spiro atoms. The van der Waals surface area contributed by atoms with Crippen molar-refractivity contribution in [1.29, 1.82) is 0 Å². The number of alkyl halides is 9. The molecule has 0 aliphatic carbocycles. The first-order valence-corrected chi connectivity index (χ1v) is 11.7. The van der Waals surface area contributed by atoms with E-state index in [1.54, 1.807) is 12.1 Å². The lowest BCUT2D eigenvalue weighted by Crippen LogP contribution is -2.64. The van der Waals surface area contributed by atoms with Crippen molar-refractivity contribution < 1.29 is 49.0 Å². The Morgan fingerprint density at radius 3 is 1.85 bits per heavy atom. The number of urea groups is 1. The molecule has 0 bridgehead atoms. The molecule has 2 heterocycles. The fraction of sp³-hybridized carbons (Fsp3) is 0.458. The molecule has 2 fully saturated rings. The molecule has 1 N–H and O–H groups in total. The molecule has 15 heteroatoms. The summed E-state index contributed by atoms with van der Waals surface area (Å²) >= 11 is 0. The van der Waals surface area contributed by atoms with Gasteiger partial charge in [0.1, 0.15) is 5.75 Å². The van der Waals surface area contributed by atoms with E-state index in [0.29, 0.717) is 44.9 Å². The number of benzene rings is 2. The molecule has 214 valence electrons. The molecule has 2 aliphatic rings. The van der Waals surface area contributed by atoms with Crippen LogP contribution in [0.15, 0.2) is 42.5 Å². The molecule has 2 saturated heterocycles. The van der Waals surface area contributed by atoms with Gasteiger partial charge in [-0.3, -0.25) is 9.80 Å². The van der Waals surface area contributed by atoms with Crippen molar-refractivity contribution in [1.82, 2.24) is 14.7 Å². The average Bonchev–Trinajstić information content (AvgIpc) is 2.78. The Kier molecular flexibility index (Phi) is 7.94. The molecular weight excluding hydrogens is 547 g/mol. The van der Waals surface area contributed by atoms with Crippen LogP contribution in [0.25, 0.3) is 0 Å². The number of hydrogen-bond donors (Lipinski definition) is 1. The van der Waals surface area contributed by atoms with E-state index in [4.69, 9.17) is 0 Å². The summed E-state index contributed by atoms with van der Waals surface area (Å²) in [5.74, 6) is -0.302. The maximum atomic E-state index is 13.0. The zero-order valence-corrected chi connectivity index (χ0v) is 20.1. The highest BCUT2D eigenvalue weighted by atomic mass is 19.4. The molecule has 0 radical (unpaired) electrons. The number of nitrogens with one attached hydrogen (secondary N) is 1. The number of anilines is 1. The van der Waals surface area contributed by atoms with Gasteiger partial charge in [0.25, 0.3) is 0 Å². The Balaban J connectivity index is 1.24. The number of rotatable bonds is 5. The second-order valence-electron chi connectivity index (χ2n) is 9.29. The van der Waals surface area contributed by atoms with Crippen molar-refractivity contribution >= 4 is 11.7 Å². The molecule has 0 saturated carbocycles. The first-order chi connectivity index (χ1) is 18.1. The van der Waals surface area contributed by atoms with Gasteiger partial charge in [0.05, 0.1) is 11.1 Å². The van der Waals surface area contributed by atoms with Gasteiger partial charge in [0.15, 0.2) is 0 Å². The predicted molar refractivity (Wildman–Crippen MR) is 121 cm³/mol. The zero-order chi connectivity index (χ0) is 28.6. The molecule has 0 atom stereocenters. The average molecular weight is 570 g/mol. The topological polar surface area (TPSA) is 48.1 Å². The number of hydrogen-bond acceptors (Lipinski definition) is 4. The largest absolute Gasteiger partial charge is 0.573 e. The van der Waals surface area contributed by atoms with Crippen molar-refractivity contribution in [3.63, 3.8) is 0 Å². The van der Waals surface area contributed by atoms with E-state index >= 15 is 0 Å². The minimum Gasteiger partial charge on any atom is -0.406 e. The second kappa shape index (κ2) is 10.8. The van der Waals surface area contributed by atoms with E-state index in [2.05, 4.69) is 19.9 Å². The van der Waals surface area contributed by atoms with Gasteiger partial charge in [0.2, 0.25) is 0 Å². The summed E-state index contributed by atoms with van der Waals surface area (Å²) in [7, 11) is 0. The molecule has 6 nitrogen and oxygen atoms in total. The highest BCUT2D eigenvalue weighted by molar-refractivity contribution is 5.90. The summed E-state index contributed by atoms with van der Waals surface area (Å²) in [5.41, 5.74) is -2.82. The van der Waals surface area contributed by atoms with Crippen LogP contribution in [0.5, 0.6) is 5.75 Å². The van der Waals surface area contributed by atoms with Crippen LogP contribution in [-0.2, 0) is 18.9 Å². The van der Waals surface area contributed by atoms with Gasteiger partial charge in [-0.15, -0.1) is 13.2 Å². The summed E-state index contributed by atoms with van der Waals surface area (Å²) < 4.78 is 119. The fourth-order valence-electron chi connectivity index (χ4n) is 4.42. The number of amides is 2. The van der Waals surface area contributed by atoms with E-state index in [-0.39, 0.29) is 30.9 Å². The third-order valence-electron chi connectivity index (χ3n) is 6.47. The normalized spacial score (nSPS) is 18.1. The summed E-state index contributed by atoms with van der Waals surface area (Å²) in [4.78, 5) is 18.0. The number of halogens is 9. The molecule has 2 aromatic rings. The maximum Gasteiger partial charge on any atom is 0.573 e. The van der Waals surface area contributed by atoms with Gasteiger partial charge in [-0.25, -0.2) is 4.79 Å². The van der Waals surface area contributed by atoms with Gasteiger partial charge in [-0.2, -0.15) is 26.3 Å². The third-order valence-corrected chi connectivity index (χ3v) is 6.47. The lowest BCUT2D eigenvalue weighted by atomic mass is 10.1. The Bertz CT molecular complexity index is 1120. The van der Waals surface area contributed by atoms with Gasteiger partial charge >= 0.3 is 24.7 Å². The summed E-state index contributed by atoms with van der Waals surface area (Å²) in [5, 5.41) is 2.13. The van der Waals surface area contributed by atoms with Crippen LogP contribution < -0.4 is 10.1 Å². The molecular formula is C24H23F9N4O2. The smallest absolute Gasteiger partial charge is 0.406 e. The lowest BCUT2D eigenvalue weighted by molar-refractivity contribution is -0.274. The van der Waals surface area contributed by atoms with E-state index in [1.165, 1.54) is 17.0 Å². The van der Waals surface area contributed by atoms with Crippen LogP contribution in [0, 0.1) is 0 Å². The number of piperazine rings is 1. The van der Waals surface area contributed by atoms with Crippen LogP contribution in [0.2, 0.25) is 0 Å². The summed E-state index contributed by atoms with van der Waals surface area (Å²) in [6.07, 6.45) is -14.8. The first kappa shape index (κ1) is 28.8. The van der Waals surface area contributed by atoms with E-state index < -0.39 is 41.6 Å². The molecule has 2 amide bonds. The monoisotopic (exact) mass is 570 g/mol. The van der Waals surface area contributed by atoms with Crippen molar-refractivity contribution in [3.05, 3.63) is 59.2 Å². The lowest BCUT2D eigenvalue weighted by Gasteiger charge is -2.48. The van der Waals surface area contributed by atoms with Crippen molar-refractivity contribution in [2.24, 2.45) is 0 Å². The standard InChI is InChI=1S/C24H23F9N4O2/c25-22(26,27)16-9-17(23(28,29)30)11-18(10-16)34-21(38)37-13-19(14-37)36-7-5-35(6-8-36)12-15-1-3-20(4-2-15)39-24(31,32)33/h1-4,9-11,19H,5-8,12-14H2,(H,34,38). The van der Waals surface area contributed by atoms with Gasteiger partial charge in [-0.05, 0) is 35.9 Å². The number of carbonyl (C=O) groups is 1. The summed E-state index contributed by atoms with van der Waals surface area (Å²) in [6.45, 7) is 3.67. The highest BCUT2D eigenvalue weighted by Gasteiger charge is 2.39. The van der Waals surface area contributed by atoms with E-state index in [9.17, 15) is 44.3 Å². The number of ether oxygens (including phenoxy) is 1. The molecule has 39 heavy (non-hydrogen) atoms. The van der Waals surface area contributed by atoms with Gasteiger partial charge in [0, 0.05) is 57.5 Å². The Morgan fingerprint density at radius 1 is 0.821 bits per heavy atom. The zero-order valence-electron chi connectivity index (χ0n) is 20.1. The summed E-state index contributed by atoms with van der Waals surface area (Å²) in [6, 6.07) is 5.70. The van der Waals surface area contributed by atoms with E-state index in [0.717, 1.165) is 5.56 Å². The van der Waals surface area contributed by atoms with Crippen LogP contribution in [0.1, 0.15) is 16.7 Å². The van der Waals surface area contributed by atoms with Crippen molar-refractivity contribution in [2.75, 3.05) is 44.6 Å². The fourth-order valence-corrected chi connectivity index (χ4v) is 4.42. The quantitative estimate of drug-likeness (QED) is 0.472. The minimum absolute atomic E-state index is 0.00759. The third kappa shape index (κ3) is 7.68. The SMILES string of the molecule is O=C(Nc1cc(C(F)(F)F)cc(C(F)(F)F)c1)N1CC(N2CCN(Cc3ccc(OC(F)(F)F)cc3)CC2)C1. The highest BCUT2D eigenvalue weighted by Crippen LogP contribution is 2.37. The minimum atomic E-state index is -5.02. The van der Waals surface area contributed by atoms with Crippen LogP contribution >= 0.6 is 0 Å². The van der Waals surface area contributed by atoms with Crippen molar-refractivity contribution in [3.8, 4) is 5.75 Å². The van der Waals surface area contributed by atoms with Crippen LogP contribution in [-0.4, -0.2) is 72.4 Å². The van der Waals surface area contributed by atoms with Crippen LogP contribution in [0.3, 0.4) is 0 Å². The number of carbonyl (C=O) groups excluding carboxylic acids is 1. The molecule has 2 aliphatic heterocycles. The Hall–Kier alpha value is -3.20. The molecule has 0 aromatic heterocycles.